The van der Waals surface area contributed by atoms with Gasteiger partial charge in [-0.2, -0.15) is 0 Å². The predicted octanol–water partition coefficient (Wildman–Crippen LogP) is 3.50. The van der Waals surface area contributed by atoms with Gasteiger partial charge >= 0.3 is 12.1 Å². The summed E-state index contributed by atoms with van der Waals surface area (Å²) in [5.74, 6) is -2.76. The first-order chi connectivity index (χ1) is 18.0. The molecule has 4 heterocycles. The number of amides is 1. The van der Waals surface area contributed by atoms with Crippen LogP contribution in [0.3, 0.4) is 0 Å². The fourth-order valence-electron chi connectivity index (χ4n) is 6.19. The highest BCUT2D eigenvalue weighted by molar-refractivity contribution is 7.18. The van der Waals surface area contributed by atoms with Gasteiger partial charge in [0, 0.05) is 24.1 Å². The number of aromatic nitrogens is 2. The highest BCUT2D eigenvalue weighted by atomic mass is 32.1. The summed E-state index contributed by atoms with van der Waals surface area (Å²) in [4.78, 5) is 56.5. The summed E-state index contributed by atoms with van der Waals surface area (Å²) in [5.41, 5.74) is -0.459. The summed E-state index contributed by atoms with van der Waals surface area (Å²) >= 11 is 1.21. The van der Waals surface area contributed by atoms with Gasteiger partial charge in [-0.3, -0.25) is 14.0 Å². The van der Waals surface area contributed by atoms with Crippen LogP contribution in [0.25, 0.3) is 10.4 Å². The topological polar surface area (TPSA) is 148 Å². The van der Waals surface area contributed by atoms with Gasteiger partial charge in [0.25, 0.3) is 0 Å². The Morgan fingerprint density at radius 2 is 1.97 bits per heavy atom. The third-order valence-corrected chi connectivity index (χ3v) is 9.14. The largest absolute Gasteiger partial charge is 0.508 e. The van der Waals surface area contributed by atoms with Crippen molar-refractivity contribution >= 4 is 45.6 Å². The zero-order valence-electron chi connectivity index (χ0n) is 21.5. The normalized spacial score (nSPS) is 26.3. The Balaban J connectivity index is 1.48. The fraction of sp³-hybridized carbons (Fsp3) is 0.577. The van der Waals surface area contributed by atoms with Crippen LogP contribution >= 0.6 is 11.3 Å². The van der Waals surface area contributed by atoms with Gasteiger partial charge in [-0.25, -0.2) is 14.6 Å². The maximum Gasteiger partial charge on any atom is 0.508 e. The van der Waals surface area contributed by atoms with E-state index >= 15 is 0 Å². The van der Waals surface area contributed by atoms with E-state index in [-0.39, 0.29) is 36.3 Å². The van der Waals surface area contributed by atoms with Crippen molar-refractivity contribution in [2.24, 2.45) is 11.3 Å². The molecule has 1 saturated carbocycles. The number of hydrogen-bond donors (Lipinski definition) is 2. The number of Topliss-reactive ketones (excluding diaryl/α,β-unsaturated/α-hetero) is 1. The minimum Gasteiger partial charge on any atom is -0.477 e. The number of β-lactam (4-membered cyclic amide) rings is 1. The molecule has 0 spiro atoms. The number of carbonyl (C=O) groups excluding carboxylic acids is 3. The standard InChI is InChI=1S/C26H31N3O8S/c1-13(30)17-21-26(3,9-10-36-25(35)37-15-7-5-4-6-8-15)18(20(24(33)34)29(21)22(17)32)16-11-28-12-27-19(14(2)31)23(28)38-16/h11-13,15,17,21,30H,4-10H2,1-3H3,(H,33,34)/t13-,17-,21-,26?/m1/s1. The summed E-state index contributed by atoms with van der Waals surface area (Å²) in [6.45, 7) is 4.68. The number of hydrogen-bond acceptors (Lipinski definition) is 9. The Labute approximate surface area is 223 Å². The van der Waals surface area contributed by atoms with Crippen LogP contribution in [0, 0.1) is 11.3 Å². The van der Waals surface area contributed by atoms with Crippen LogP contribution in [0.4, 0.5) is 4.79 Å². The van der Waals surface area contributed by atoms with Gasteiger partial charge in [-0.1, -0.05) is 13.3 Å². The Bertz CT molecular complexity index is 1340. The van der Waals surface area contributed by atoms with Crippen LogP contribution < -0.4 is 0 Å². The molecule has 2 aromatic rings. The second-order valence-corrected chi connectivity index (χ2v) is 11.6. The first-order valence-electron chi connectivity index (χ1n) is 12.8. The number of aliphatic hydroxyl groups is 1. The van der Waals surface area contributed by atoms with Gasteiger partial charge in [0.2, 0.25) is 5.91 Å². The molecule has 0 radical (unpaired) electrons. The van der Waals surface area contributed by atoms with Crippen molar-refractivity contribution in [2.75, 3.05) is 6.61 Å². The van der Waals surface area contributed by atoms with Crippen molar-refractivity contribution in [1.82, 2.24) is 14.3 Å². The number of carboxylic acids is 1. The fourth-order valence-corrected chi connectivity index (χ4v) is 7.49. The molecule has 2 aliphatic heterocycles. The van der Waals surface area contributed by atoms with Crippen molar-refractivity contribution in [3.63, 3.8) is 0 Å². The van der Waals surface area contributed by atoms with E-state index in [4.69, 9.17) is 9.47 Å². The van der Waals surface area contributed by atoms with Gasteiger partial charge in [-0.15, -0.1) is 11.3 Å². The first kappa shape index (κ1) is 26.4. The van der Waals surface area contributed by atoms with E-state index in [1.165, 1.54) is 36.4 Å². The lowest BCUT2D eigenvalue weighted by Gasteiger charge is -2.50. The van der Waals surface area contributed by atoms with Crippen LogP contribution in [0.1, 0.15) is 74.7 Å². The number of carboxylic acid groups (broad SMARTS) is 1. The maximum atomic E-state index is 13.0. The SMILES string of the molecule is CC(=O)c1ncn2cc(C3=C(C(=O)O)N4C(=O)[C@H]([C@@H](C)O)[C@@H]4C3(C)CCOC(=O)OC3CCCCC3)sc12. The van der Waals surface area contributed by atoms with Gasteiger partial charge in [0.1, 0.15) is 28.7 Å². The van der Waals surface area contributed by atoms with Crippen LogP contribution in [0.5, 0.6) is 0 Å². The molecule has 1 saturated heterocycles. The number of nitrogens with zero attached hydrogens (tertiary/aromatic N) is 3. The molecule has 4 atom stereocenters. The van der Waals surface area contributed by atoms with E-state index in [0.717, 1.165) is 32.1 Å². The first-order valence-corrected chi connectivity index (χ1v) is 13.7. The second kappa shape index (κ2) is 9.81. The van der Waals surface area contributed by atoms with Gasteiger partial charge in [0.05, 0.1) is 29.5 Å². The average Bonchev–Trinajstić information content (AvgIpc) is 3.48. The van der Waals surface area contributed by atoms with Gasteiger partial charge < -0.3 is 24.6 Å². The number of ether oxygens (including phenoxy) is 2. The van der Waals surface area contributed by atoms with Crippen molar-refractivity contribution in [2.45, 2.75) is 77.5 Å². The van der Waals surface area contributed by atoms with E-state index < -0.39 is 41.5 Å². The molecular weight excluding hydrogens is 514 g/mol. The predicted molar refractivity (Wildman–Crippen MR) is 135 cm³/mol. The van der Waals surface area contributed by atoms with Crippen LogP contribution in [-0.2, 0) is 19.1 Å². The summed E-state index contributed by atoms with van der Waals surface area (Å²) in [6.07, 6.45) is 6.20. The third-order valence-electron chi connectivity index (χ3n) is 8.01. The Hall–Kier alpha value is -3.25. The molecule has 0 bridgehead atoms. The molecule has 2 fully saturated rings. The van der Waals surface area contributed by atoms with E-state index in [1.54, 1.807) is 10.6 Å². The number of thiazole rings is 1. The number of aliphatic hydroxyl groups excluding tert-OH is 1. The number of fused-ring (bicyclic) bond motifs is 2. The minimum absolute atomic E-state index is 0.0615. The van der Waals surface area contributed by atoms with Gasteiger partial charge in [0.15, 0.2) is 5.78 Å². The molecule has 2 aromatic heterocycles. The Kier molecular flexibility index (Phi) is 6.80. The molecular formula is C26H31N3O8S. The maximum absolute atomic E-state index is 13.0. The molecule has 1 amide bonds. The molecule has 0 aromatic carbocycles. The monoisotopic (exact) mass is 545 g/mol. The number of ketones is 1. The van der Waals surface area contributed by atoms with Crippen molar-refractivity contribution in [3.8, 4) is 0 Å². The van der Waals surface area contributed by atoms with Crippen LogP contribution in [0.15, 0.2) is 18.2 Å². The minimum atomic E-state index is -1.27. The summed E-state index contributed by atoms with van der Waals surface area (Å²) in [7, 11) is 0. The van der Waals surface area contributed by atoms with Crippen molar-refractivity contribution < 1.29 is 38.9 Å². The highest BCUT2D eigenvalue weighted by Gasteiger charge is 2.66. The smallest absolute Gasteiger partial charge is 0.477 e. The molecule has 3 aliphatic rings. The Morgan fingerprint density at radius 3 is 2.61 bits per heavy atom. The molecule has 5 rings (SSSR count). The number of rotatable bonds is 8. The lowest BCUT2D eigenvalue weighted by molar-refractivity contribution is -0.167. The zero-order valence-corrected chi connectivity index (χ0v) is 22.3. The molecule has 11 nitrogen and oxygen atoms in total. The summed E-state index contributed by atoms with van der Waals surface area (Å²) < 4.78 is 12.5. The second-order valence-electron chi connectivity index (χ2n) is 10.5. The highest BCUT2D eigenvalue weighted by Crippen LogP contribution is 2.60. The lowest BCUT2D eigenvalue weighted by atomic mass is 9.66. The third kappa shape index (κ3) is 4.19. The zero-order chi connectivity index (χ0) is 27.4. The average molecular weight is 546 g/mol. The Morgan fingerprint density at radius 1 is 1.26 bits per heavy atom. The summed E-state index contributed by atoms with van der Waals surface area (Å²) in [5, 5.41) is 20.6. The molecule has 38 heavy (non-hydrogen) atoms. The van der Waals surface area contributed by atoms with Crippen LogP contribution in [0.2, 0.25) is 0 Å². The molecule has 204 valence electrons. The van der Waals surface area contributed by atoms with E-state index in [0.29, 0.717) is 15.3 Å². The molecule has 1 unspecified atom stereocenters. The molecule has 2 N–H and O–H groups in total. The molecule has 12 heteroatoms. The van der Waals surface area contributed by atoms with Crippen molar-refractivity contribution in [1.29, 1.82) is 0 Å². The number of carbonyl (C=O) groups is 4. The van der Waals surface area contributed by atoms with E-state index in [1.807, 2.05) is 6.92 Å². The van der Waals surface area contributed by atoms with E-state index in [9.17, 15) is 29.4 Å². The van der Waals surface area contributed by atoms with Crippen LogP contribution in [-0.4, -0.2) is 73.2 Å². The lowest BCUT2D eigenvalue weighted by Crippen LogP contribution is -2.66. The summed E-state index contributed by atoms with van der Waals surface area (Å²) in [6, 6.07) is -0.638. The number of imidazole rings is 1. The quantitative estimate of drug-likeness (QED) is 0.289. The van der Waals surface area contributed by atoms with E-state index in [2.05, 4.69) is 4.98 Å². The van der Waals surface area contributed by atoms with Gasteiger partial charge in [-0.05, 0) is 39.0 Å². The number of aliphatic carboxylic acids is 1. The molecule has 1 aliphatic carbocycles. The van der Waals surface area contributed by atoms with Crippen molar-refractivity contribution in [3.05, 3.63) is 28.8 Å².